The average molecular weight is 378 g/mol. The van der Waals surface area contributed by atoms with Gasteiger partial charge in [-0.25, -0.2) is 4.79 Å². The lowest BCUT2D eigenvalue weighted by molar-refractivity contribution is -0.124. The topological polar surface area (TPSA) is 86.1 Å². The highest BCUT2D eigenvalue weighted by Crippen LogP contribution is 2.15. The Morgan fingerprint density at radius 2 is 1.79 bits per heavy atom. The van der Waals surface area contributed by atoms with E-state index in [0.717, 1.165) is 22.4 Å². The SMILES string of the molecule is Cc1ccc(-n2nc(C)c(C(=O)OCC(=O)NCc3ccccc3)n2)c(C)c1. The number of amides is 1. The number of nitrogens with one attached hydrogen (secondary N) is 1. The first-order valence-corrected chi connectivity index (χ1v) is 8.93. The van der Waals surface area contributed by atoms with Crippen molar-refractivity contribution in [2.45, 2.75) is 27.3 Å². The molecule has 0 unspecified atom stereocenters. The molecule has 7 heteroatoms. The van der Waals surface area contributed by atoms with Crippen LogP contribution in [0, 0.1) is 20.8 Å². The summed E-state index contributed by atoms with van der Waals surface area (Å²) in [5, 5.41) is 11.2. The summed E-state index contributed by atoms with van der Waals surface area (Å²) in [5.74, 6) is -1.06. The van der Waals surface area contributed by atoms with Crippen molar-refractivity contribution < 1.29 is 14.3 Å². The van der Waals surface area contributed by atoms with E-state index in [4.69, 9.17) is 4.74 Å². The zero-order valence-electron chi connectivity index (χ0n) is 16.1. The molecule has 0 aliphatic rings. The van der Waals surface area contributed by atoms with Gasteiger partial charge in [0.15, 0.2) is 12.3 Å². The highest BCUT2D eigenvalue weighted by Gasteiger charge is 2.19. The molecule has 0 aliphatic heterocycles. The van der Waals surface area contributed by atoms with Gasteiger partial charge in [0.05, 0.1) is 11.4 Å². The van der Waals surface area contributed by atoms with Crippen LogP contribution in [0.25, 0.3) is 5.69 Å². The molecule has 3 aromatic rings. The molecule has 0 bridgehead atoms. The molecule has 7 nitrogen and oxygen atoms in total. The van der Waals surface area contributed by atoms with E-state index in [2.05, 4.69) is 15.5 Å². The van der Waals surface area contributed by atoms with Crippen LogP contribution >= 0.6 is 0 Å². The van der Waals surface area contributed by atoms with Crippen LogP contribution in [0.5, 0.6) is 0 Å². The fraction of sp³-hybridized carbons (Fsp3) is 0.238. The van der Waals surface area contributed by atoms with Gasteiger partial charge in [-0.3, -0.25) is 4.79 Å². The average Bonchev–Trinajstić information content (AvgIpc) is 3.06. The van der Waals surface area contributed by atoms with Crippen LogP contribution in [-0.2, 0) is 16.1 Å². The van der Waals surface area contributed by atoms with E-state index >= 15 is 0 Å². The molecule has 1 heterocycles. The van der Waals surface area contributed by atoms with E-state index in [-0.39, 0.29) is 18.2 Å². The Balaban J connectivity index is 1.60. The van der Waals surface area contributed by atoms with Crippen LogP contribution in [0.3, 0.4) is 0 Å². The van der Waals surface area contributed by atoms with E-state index in [1.54, 1.807) is 6.92 Å². The Morgan fingerprint density at radius 1 is 1.04 bits per heavy atom. The van der Waals surface area contributed by atoms with Gasteiger partial charge in [0.1, 0.15) is 0 Å². The van der Waals surface area contributed by atoms with E-state index in [0.29, 0.717) is 12.2 Å². The molecule has 0 saturated carbocycles. The summed E-state index contributed by atoms with van der Waals surface area (Å²) in [5.41, 5.74) is 4.41. The molecule has 144 valence electrons. The summed E-state index contributed by atoms with van der Waals surface area (Å²) in [7, 11) is 0. The van der Waals surface area contributed by atoms with Gasteiger partial charge in [0.25, 0.3) is 5.91 Å². The molecule has 1 amide bonds. The van der Waals surface area contributed by atoms with Crippen LogP contribution in [0.1, 0.15) is 32.9 Å². The number of hydrogen-bond acceptors (Lipinski definition) is 5. The minimum absolute atomic E-state index is 0.0934. The van der Waals surface area contributed by atoms with Gasteiger partial charge in [-0.05, 0) is 38.0 Å². The maximum Gasteiger partial charge on any atom is 0.361 e. The number of nitrogens with zero attached hydrogens (tertiary/aromatic N) is 3. The lowest BCUT2D eigenvalue weighted by Crippen LogP contribution is -2.28. The van der Waals surface area contributed by atoms with Gasteiger partial charge in [0.2, 0.25) is 0 Å². The van der Waals surface area contributed by atoms with Crippen molar-refractivity contribution in [2.24, 2.45) is 0 Å². The summed E-state index contributed by atoms with van der Waals surface area (Å²) in [6, 6.07) is 15.4. The molecule has 3 rings (SSSR count). The van der Waals surface area contributed by atoms with Gasteiger partial charge in [-0.1, -0.05) is 48.0 Å². The fourth-order valence-electron chi connectivity index (χ4n) is 2.75. The minimum Gasteiger partial charge on any atom is -0.451 e. The molecule has 0 aliphatic carbocycles. The van der Waals surface area contributed by atoms with Crippen molar-refractivity contribution >= 4 is 11.9 Å². The number of aromatic nitrogens is 3. The second-order valence-electron chi connectivity index (χ2n) is 6.55. The summed E-state index contributed by atoms with van der Waals surface area (Å²) < 4.78 is 5.09. The molecular formula is C21H22N4O3. The number of rotatable bonds is 6. The molecule has 0 radical (unpaired) electrons. The Labute approximate surface area is 163 Å². The first kappa shape index (κ1) is 19.3. The number of carbonyl (C=O) groups excluding carboxylic acids is 2. The van der Waals surface area contributed by atoms with E-state index in [1.165, 1.54) is 4.80 Å². The van der Waals surface area contributed by atoms with Gasteiger partial charge in [0, 0.05) is 6.54 Å². The molecule has 28 heavy (non-hydrogen) atoms. The summed E-state index contributed by atoms with van der Waals surface area (Å²) in [4.78, 5) is 25.6. The first-order valence-electron chi connectivity index (χ1n) is 8.93. The quantitative estimate of drug-likeness (QED) is 0.667. The van der Waals surface area contributed by atoms with E-state index < -0.39 is 5.97 Å². The fourth-order valence-corrected chi connectivity index (χ4v) is 2.75. The largest absolute Gasteiger partial charge is 0.451 e. The Hall–Kier alpha value is -3.48. The number of carbonyl (C=O) groups is 2. The molecule has 0 atom stereocenters. The van der Waals surface area contributed by atoms with Crippen molar-refractivity contribution in [3.63, 3.8) is 0 Å². The number of esters is 1. The van der Waals surface area contributed by atoms with Crippen molar-refractivity contribution in [3.8, 4) is 5.69 Å². The van der Waals surface area contributed by atoms with Gasteiger partial charge in [-0.2, -0.15) is 9.90 Å². The number of benzene rings is 2. The lowest BCUT2D eigenvalue weighted by atomic mass is 10.1. The van der Waals surface area contributed by atoms with Crippen LogP contribution in [0.4, 0.5) is 0 Å². The molecular weight excluding hydrogens is 356 g/mol. The van der Waals surface area contributed by atoms with E-state index in [9.17, 15) is 9.59 Å². The third kappa shape index (κ3) is 4.62. The van der Waals surface area contributed by atoms with Crippen molar-refractivity contribution in [1.29, 1.82) is 0 Å². The second-order valence-corrected chi connectivity index (χ2v) is 6.55. The van der Waals surface area contributed by atoms with Crippen LogP contribution < -0.4 is 5.32 Å². The van der Waals surface area contributed by atoms with Crippen molar-refractivity contribution in [3.05, 3.63) is 76.6 Å². The minimum atomic E-state index is -0.677. The third-order valence-corrected chi connectivity index (χ3v) is 4.21. The maximum absolute atomic E-state index is 12.3. The molecule has 1 N–H and O–H groups in total. The highest BCUT2D eigenvalue weighted by molar-refractivity contribution is 5.90. The highest BCUT2D eigenvalue weighted by atomic mass is 16.5. The Kier molecular flexibility index (Phi) is 5.84. The maximum atomic E-state index is 12.3. The third-order valence-electron chi connectivity index (χ3n) is 4.21. The summed E-state index contributed by atoms with van der Waals surface area (Å²) in [6.45, 7) is 5.64. The van der Waals surface area contributed by atoms with Crippen LogP contribution in [0.2, 0.25) is 0 Å². The standard InChI is InChI=1S/C21H22N4O3/c1-14-9-10-18(15(2)11-14)25-23-16(3)20(24-25)21(27)28-13-19(26)22-12-17-7-5-4-6-8-17/h4-11H,12-13H2,1-3H3,(H,22,26). The monoisotopic (exact) mass is 378 g/mol. The number of aryl methyl sites for hydroxylation is 3. The van der Waals surface area contributed by atoms with Gasteiger partial charge < -0.3 is 10.1 Å². The van der Waals surface area contributed by atoms with Crippen molar-refractivity contribution in [1.82, 2.24) is 20.3 Å². The summed E-state index contributed by atoms with van der Waals surface area (Å²) in [6.07, 6.45) is 0. The normalized spacial score (nSPS) is 10.5. The molecule has 0 fully saturated rings. The Bertz CT molecular complexity index is 996. The number of hydrogen-bond donors (Lipinski definition) is 1. The molecule has 0 spiro atoms. The predicted molar refractivity (Wildman–Crippen MR) is 104 cm³/mol. The van der Waals surface area contributed by atoms with Crippen molar-refractivity contribution in [2.75, 3.05) is 6.61 Å². The van der Waals surface area contributed by atoms with Crippen LogP contribution in [-0.4, -0.2) is 33.5 Å². The number of ether oxygens (including phenoxy) is 1. The molecule has 1 aromatic heterocycles. The molecule has 2 aromatic carbocycles. The lowest BCUT2D eigenvalue weighted by Gasteiger charge is -2.06. The van der Waals surface area contributed by atoms with Crippen LogP contribution in [0.15, 0.2) is 48.5 Å². The zero-order valence-corrected chi connectivity index (χ0v) is 16.1. The van der Waals surface area contributed by atoms with Gasteiger partial charge in [-0.15, -0.1) is 5.10 Å². The molecule has 0 saturated heterocycles. The smallest absolute Gasteiger partial charge is 0.361 e. The second kappa shape index (κ2) is 8.47. The van der Waals surface area contributed by atoms with E-state index in [1.807, 2.05) is 62.4 Å². The van der Waals surface area contributed by atoms with Gasteiger partial charge >= 0.3 is 5.97 Å². The first-order chi connectivity index (χ1) is 13.4. The zero-order chi connectivity index (χ0) is 20.1. The Morgan fingerprint density at radius 3 is 2.50 bits per heavy atom. The predicted octanol–water partition coefficient (Wildman–Crippen LogP) is 2.67. The summed E-state index contributed by atoms with van der Waals surface area (Å²) >= 11 is 0.